The average molecular weight is 400 g/mol. The second-order valence-corrected chi connectivity index (χ2v) is 7.06. The Labute approximate surface area is 168 Å². The van der Waals surface area contributed by atoms with Crippen LogP contribution in [0.4, 0.5) is 10.5 Å². The third kappa shape index (κ3) is 3.73. The van der Waals surface area contributed by atoms with Crippen LogP contribution in [0.25, 0.3) is 0 Å². The zero-order valence-electron chi connectivity index (χ0n) is 16.8. The van der Waals surface area contributed by atoms with Crippen molar-refractivity contribution in [1.82, 2.24) is 14.7 Å². The van der Waals surface area contributed by atoms with E-state index in [-0.39, 0.29) is 17.4 Å². The summed E-state index contributed by atoms with van der Waals surface area (Å²) in [7, 11) is 4.57. The van der Waals surface area contributed by atoms with Crippen molar-refractivity contribution in [2.45, 2.75) is 13.1 Å². The molecule has 2 aliphatic heterocycles. The molecule has 2 unspecified atom stereocenters. The van der Waals surface area contributed by atoms with Crippen LogP contribution in [0, 0.1) is 5.92 Å². The first-order chi connectivity index (χ1) is 13.8. The molecule has 0 aromatic heterocycles. The number of benzene rings is 1. The first-order valence-corrected chi connectivity index (χ1v) is 9.20. The van der Waals surface area contributed by atoms with Crippen LogP contribution in [0.1, 0.15) is 17.3 Å². The summed E-state index contributed by atoms with van der Waals surface area (Å²) in [5.41, 5.74) is 1.24. The number of ether oxygens (including phenoxy) is 1. The van der Waals surface area contributed by atoms with Crippen molar-refractivity contribution in [2.24, 2.45) is 5.92 Å². The van der Waals surface area contributed by atoms with E-state index in [2.05, 4.69) is 5.32 Å². The van der Waals surface area contributed by atoms with Crippen molar-refractivity contribution in [3.8, 4) is 0 Å². The number of fused-ring (bicyclic) bond motifs is 1. The number of nitrogens with zero attached hydrogens (tertiary/aromatic N) is 3. The molecular weight excluding hydrogens is 376 g/mol. The molecule has 2 atom stereocenters. The molecule has 1 aromatic rings. The van der Waals surface area contributed by atoms with Gasteiger partial charge in [-0.15, -0.1) is 0 Å². The molecular formula is C20H24N4O5. The molecule has 0 bridgehead atoms. The van der Waals surface area contributed by atoms with Crippen LogP contribution in [-0.4, -0.2) is 78.9 Å². The van der Waals surface area contributed by atoms with Gasteiger partial charge >= 0.3 is 6.03 Å². The monoisotopic (exact) mass is 400 g/mol. The van der Waals surface area contributed by atoms with Gasteiger partial charge in [0.2, 0.25) is 5.91 Å². The largest absolute Gasteiger partial charge is 0.383 e. The molecule has 0 radical (unpaired) electrons. The number of Topliss-reactive ketones (excluding diaryl/α,β-unsaturated/α-hetero) is 1. The van der Waals surface area contributed by atoms with E-state index in [0.29, 0.717) is 24.4 Å². The van der Waals surface area contributed by atoms with E-state index in [1.54, 1.807) is 49.4 Å². The fourth-order valence-corrected chi connectivity index (χ4v) is 3.66. The van der Waals surface area contributed by atoms with Gasteiger partial charge in [0.15, 0.2) is 5.78 Å². The quantitative estimate of drug-likeness (QED) is 0.719. The van der Waals surface area contributed by atoms with Gasteiger partial charge in [0.25, 0.3) is 5.91 Å². The van der Waals surface area contributed by atoms with Crippen LogP contribution in [0.3, 0.4) is 0 Å². The standard InChI is InChI=1S/C20H24N4O5/c1-12(25)13-6-5-7-14(10-13)21-17(26)16-11-15-18(24(16)8-9-29-4)22(2)20(28)23(3)19(15)27/h5-7,10-11,15,18H,8-9H2,1-4H3,(H,21,26). The van der Waals surface area contributed by atoms with E-state index in [0.717, 1.165) is 4.90 Å². The van der Waals surface area contributed by atoms with Crippen molar-refractivity contribution < 1.29 is 23.9 Å². The zero-order chi connectivity index (χ0) is 21.3. The molecule has 2 heterocycles. The predicted octanol–water partition coefficient (Wildman–Crippen LogP) is 1.14. The third-order valence-electron chi connectivity index (χ3n) is 5.18. The van der Waals surface area contributed by atoms with Crippen LogP contribution in [-0.2, 0) is 14.3 Å². The van der Waals surface area contributed by atoms with Gasteiger partial charge in [-0.1, -0.05) is 12.1 Å². The van der Waals surface area contributed by atoms with E-state index in [4.69, 9.17) is 4.74 Å². The Bertz CT molecular complexity index is 897. The van der Waals surface area contributed by atoms with E-state index >= 15 is 0 Å². The number of anilines is 1. The normalized spacial score (nSPS) is 21.2. The number of imide groups is 1. The maximum Gasteiger partial charge on any atom is 0.327 e. The summed E-state index contributed by atoms with van der Waals surface area (Å²) in [5, 5.41) is 2.78. The summed E-state index contributed by atoms with van der Waals surface area (Å²) >= 11 is 0. The molecule has 9 nitrogen and oxygen atoms in total. The summed E-state index contributed by atoms with van der Waals surface area (Å²) in [6.07, 6.45) is 0.998. The summed E-state index contributed by atoms with van der Waals surface area (Å²) in [6, 6.07) is 6.20. The van der Waals surface area contributed by atoms with Gasteiger partial charge in [0.1, 0.15) is 11.9 Å². The lowest BCUT2D eigenvalue weighted by atomic mass is 10.0. The second-order valence-electron chi connectivity index (χ2n) is 7.06. The van der Waals surface area contributed by atoms with E-state index in [9.17, 15) is 19.2 Å². The van der Waals surface area contributed by atoms with Gasteiger partial charge in [-0.05, 0) is 25.1 Å². The molecule has 4 amide bonds. The Morgan fingerprint density at radius 1 is 1.21 bits per heavy atom. The molecule has 0 spiro atoms. The summed E-state index contributed by atoms with van der Waals surface area (Å²) in [4.78, 5) is 53.8. The number of carbonyl (C=O) groups excluding carboxylic acids is 4. The molecule has 3 rings (SSSR count). The molecule has 2 aliphatic rings. The Hall–Kier alpha value is -3.20. The fraction of sp³-hybridized carbons (Fsp3) is 0.400. The first-order valence-electron chi connectivity index (χ1n) is 9.20. The van der Waals surface area contributed by atoms with Crippen LogP contribution >= 0.6 is 0 Å². The molecule has 154 valence electrons. The highest BCUT2D eigenvalue weighted by atomic mass is 16.5. The Morgan fingerprint density at radius 2 is 1.93 bits per heavy atom. The molecule has 0 aliphatic carbocycles. The molecule has 29 heavy (non-hydrogen) atoms. The first kappa shape index (κ1) is 20.5. The lowest BCUT2D eigenvalue weighted by molar-refractivity contribution is -0.137. The highest BCUT2D eigenvalue weighted by Gasteiger charge is 2.50. The van der Waals surface area contributed by atoms with Gasteiger partial charge in [-0.2, -0.15) is 0 Å². The molecule has 9 heteroatoms. The zero-order valence-corrected chi connectivity index (χ0v) is 16.8. The highest BCUT2D eigenvalue weighted by molar-refractivity contribution is 6.07. The van der Waals surface area contributed by atoms with E-state index in [1.165, 1.54) is 18.9 Å². The summed E-state index contributed by atoms with van der Waals surface area (Å²) in [6.45, 7) is 2.10. The maximum atomic E-state index is 13.0. The Balaban J connectivity index is 1.90. The summed E-state index contributed by atoms with van der Waals surface area (Å²) < 4.78 is 5.15. The number of hydrogen-bond donors (Lipinski definition) is 1. The smallest absolute Gasteiger partial charge is 0.327 e. The second kappa shape index (κ2) is 8.04. The molecule has 0 saturated carbocycles. The lowest BCUT2D eigenvalue weighted by Gasteiger charge is -2.43. The number of methoxy groups -OCH3 is 1. The van der Waals surface area contributed by atoms with Gasteiger partial charge < -0.3 is 19.9 Å². The summed E-state index contributed by atoms with van der Waals surface area (Å²) in [5.74, 6) is -1.54. The Morgan fingerprint density at radius 3 is 2.59 bits per heavy atom. The van der Waals surface area contributed by atoms with E-state index < -0.39 is 24.0 Å². The predicted molar refractivity (Wildman–Crippen MR) is 105 cm³/mol. The van der Waals surface area contributed by atoms with Gasteiger partial charge in [0.05, 0.1) is 12.5 Å². The fourth-order valence-electron chi connectivity index (χ4n) is 3.66. The van der Waals surface area contributed by atoms with Crippen molar-refractivity contribution in [1.29, 1.82) is 0 Å². The average Bonchev–Trinajstić information content (AvgIpc) is 3.09. The molecule has 1 aromatic carbocycles. The van der Waals surface area contributed by atoms with Crippen molar-refractivity contribution >= 4 is 29.3 Å². The minimum Gasteiger partial charge on any atom is -0.383 e. The third-order valence-corrected chi connectivity index (χ3v) is 5.18. The van der Waals surface area contributed by atoms with Gasteiger partial charge in [-0.3, -0.25) is 19.3 Å². The number of amides is 4. The number of ketones is 1. The number of carbonyl (C=O) groups is 4. The van der Waals surface area contributed by atoms with Crippen LogP contribution < -0.4 is 5.32 Å². The maximum absolute atomic E-state index is 13.0. The van der Waals surface area contributed by atoms with Crippen molar-refractivity contribution in [3.05, 3.63) is 41.6 Å². The topological polar surface area (TPSA) is 99.3 Å². The number of nitrogens with one attached hydrogen (secondary N) is 1. The number of urea groups is 1. The van der Waals surface area contributed by atoms with Crippen LogP contribution in [0.5, 0.6) is 0 Å². The minimum absolute atomic E-state index is 0.109. The van der Waals surface area contributed by atoms with Crippen molar-refractivity contribution in [3.63, 3.8) is 0 Å². The SMILES string of the molecule is COCCN1C(C(=O)Nc2cccc(C(C)=O)c2)=CC2C(=O)N(C)C(=O)N(C)C21. The molecule has 1 saturated heterocycles. The van der Waals surface area contributed by atoms with Crippen LogP contribution in [0.15, 0.2) is 36.0 Å². The van der Waals surface area contributed by atoms with E-state index in [1.807, 2.05) is 0 Å². The molecule has 1 N–H and O–H groups in total. The lowest BCUT2D eigenvalue weighted by Crippen LogP contribution is -2.62. The highest BCUT2D eigenvalue weighted by Crippen LogP contribution is 2.34. The minimum atomic E-state index is -0.649. The molecule has 1 fully saturated rings. The number of hydrogen-bond acceptors (Lipinski definition) is 6. The van der Waals surface area contributed by atoms with Crippen LogP contribution in [0.2, 0.25) is 0 Å². The van der Waals surface area contributed by atoms with Crippen molar-refractivity contribution in [2.75, 3.05) is 39.7 Å². The van der Waals surface area contributed by atoms with Gasteiger partial charge in [0, 0.05) is 39.0 Å². The Kier molecular flexibility index (Phi) is 5.69. The van der Waals surface area contributed by atoms with Gasteiger partial charge in [-0.25, -0.2) is 4.79 Å². The number of rotatable bonds is 6.